The van der Waals surface area contributed by atoms with E-state index in [4.69, 9.17) is 11.6 Å². The van der Waals surface area contributed by atoms with E-state index in [9.17, 15) is 9.59 Å². The van der Waals surface area contributed by atoms with Crippen LogP contribution in [-0.4, -0.2) is 34.3 Å². The molecule has 3 rings (SSSR count). The minimum Gasteiger partial charge on any atom is -0.348 e. The van der Waals surface area contributed by atoms with Gasteiger partial charge in [-0.15, -0.1) is 0 Å². The molecule has 2 heterocycles. The number of carbonyl (C=O) groups excluding carboxylic acids is 2. The van der Waals surface area contributed by atoms with Crippen LogP contribution in [0.3, 0.4) is 0 Å². The Bertz CT molecular complexity index is 825. The van der Waals surface area contributed by atoms with Crippen LogP contribution in [-0.2, 0) is 6.54 Å². The fraction of sp³-hybridized carbons (Fsp3) is 0.381. The summed E-state index contributed by atoms with van der Waals surface area (Å²) in [7, 11) is 0. The molecule has 27 heavy (non-hydrogen) atoms. The average Bonchev–Trinajstić information content (AvgIpc) is 2.72. The largest absolute Gasteiger partial charge is 0.348 e. The first-order chi connectivity index (χ1) is 13.1. The van der Waals surface area contributed by atoms with Crippen LogP contribution in [0.1, 0.15) is 59.0 Å². The van der Waals surface area contributed by atoms with Crippen LogP contribution in [0.15, 0.2) is 42.6 Å². The van der Waals surface area contributed by atoms with Crippen molar-refractivity contribution in [1.82, 2.24) is 15.2 Å². The monoisotopic (exact) mass is 385 g/mol. The second-order valence-electron chi connectivity index (χ2n) is 6.76. The number of piperidine rings is 1. The number of carbonyl (C=O) groups is 2. The fourth-order valence-electron chi connectivity index (χ4n) is 3.45. The van der Waals surface area contributed by atoms with Crippen molar-refractivity contribution >= 4 is 23.4 Å². The van der Waals surface area contributed by atoms with Crippen LogP contribution >= 0.6 is 11.6 Å². The quantitative estimate of drug-likeness (QED) is 0.843. The second-order valence-corrected chi connectivity index (χ2v) is 7.17. The average molecular weight is 386 g/mol. The molecule has 2 amide bonds. The number of halogens is 1. The Balaban J connectivity index is 1.70. The molecule has 1 aliphatic rings. The second kappa shape index (κ2) is 9.00. The molecule has 1 aromatic carbocycles. The van der Waals surface area contributed by atoms with E-state index in [1.165, 1.54) is 6.20 Å². The fourth-order valence-corrected chi connectivity index (χ4v) is 3.65. The van der Waals surface area contributed by atoms with E-state index >= 15 is 0 Å². The summed E-state index contributed by atoms with van der Waals surface area (Å²) < 4.78 is 0. The molecule has 0 aliphatic carbocycles. The molecule has 2 aromatic rings. The Morgan fingerprint density at radius 1 is 1.26 bits per heavy atom. The first-order valence-electron chi connectivity index (χ1n) is 9.38. The Hall–Kier alpha value is -2.40. The lowest BCUT2D eigenvalue weighted by atomic mass is 9.99. The topological polar surface area (TPSA) is 62.3 Å². The van der Waals surface area contributed by atoms with Gasteiger partial charge in [-0.05, 0) is 49.4 Å². The van der Waals surface area contributed by atoms with Crippen LogP contribution < -0.4 is 5.32 Å². The van der Waals surface area contributed by atoms with Gasteiger partial charge in [0.1, 0.15) is 5.69 Å². The Kier molecular flexibility index (Phi) is 6.45. The molecular formula is C21H24ClN3O2. The van der Waals surface area contributed by atoms with Crippen molar-refractivity contribution in [3.63, 3.8) is 0 Å². The van der Waals surface area contributed by atoms with Crippen LogP contribution in [0, 0.1) is 0 Å². The zero-order chi connectivity index (χ0) is 19.2. The van der Waals surface area contributed by atoms with E-state index < -0.39 is 0 Å². The van der Waals surface area contributed by atoms with Crippen LogP contribution in [0.5, 0.6) is 0 Å². The van der Waals surface area contributed by atoms with E-state index in [0.29, 0.717) is 22.8 Å². The lowest BCUT2D eigenvalue weighted by Gasteiger charge is -2.35. The number of aromatic nitrogens is 1. The van der Waals surface area contributed by atoms with E-state index in [1.54, 1.807) is 18.2 Å². The molecule has 0 bridgehead atoms. The molecule has 6 heteroatoms. The van der Waals surface area contributed by atoms with Gasteiger partial charge in [-0.3, -0.25) is 14.6 Å². The maximum Gasteiger partial charge on any atom is 0.272 e. The van der Waals surface area contributed by atoms with Crippen molar-refractivity contribution in [3.05, 3.63) is 64.4 Å². The highest BCUT2D eigenvalue weighted by molar-refractivity contribution is 6.31. The van der Waals surface area contributed by atoms with Gasteiger partial charge in [0.25, 0.3) is 11.8 Å². The molecule has 1 N–H and O–H groups in total. The first-order valence-corrected chi connectivity index (χ1v) is 9.76. The van der Waals surface area contributed by atoms with Crippen molar-refractivity contribution < 1.29 is 9.59 Å². The number of likely N-dealkylation sites (tertiary alicyclic amines) is 1. The molecule has 142 valence electrons. The summed E-state index contributed by atoms with van der Waals surface area (Å²) in [5.74, 6) is -0.348. The highest BCUT2D eigenvalue weighted by Crippen LogP contribution is 2.21. The minimum atomic E-state index is -0.253. The van der Waals surface area contributed by atoms with Gasteiger partial charge in [0.2, 0.25) is 0 Å². The molecule has 1 saturated heterocycles. The maximum atomic E-state index is 12.9. The summed E-state index contributed by atoms with van der Waals surface area (Å²) in [5.41, 5.74) is 1.59. The third-order valence-corrected chi connectivity index (χ3v) is 5.37. The summed E-state index contributed by atoms with van der Waals surface area (Å²) in [4.78, 5) is 31.5. The zero-order valence-corrected chi connectivity index (χ0v) is 16.2. The molecule has 1 aliphatic heterocycles. The number of pyridine rings is 1. The standard InChI is InChI=1S/C21H24ClN3O2/c1-2-17-8-5-6-12-25(17)21(27)19-13-15(10-11-23-19)20(26)24-14-16-7-3-4-9-18(16)22/h3-4,7,9-11,13,17H,2,5-6,8,12,14H2,1H3,(H,24,26). The molecule has 1 aromatic heterocycles. The van der Waals surface area contributed by atoms with Gasteiger partial charge in [0.05, 0.1) is 0 Å². The molecule has 0 radical (unpaired) electrons. The van der Waals surface area contributed by atoms with Crippen molar-refractivity contribution in [2.45, 2.75) is 45.2 Å². The van der Waals surface area contributed by atoms with E-state index in [0.717, 1.165) is 37.8 Å². The van der Waals surface area contributed by atoms with Gasteiger partial charge in [-0.2, -0.15) is 0 Å². The van der Waals surface area contributed by atoms with Gasteiger partial charge in [0.15, 0.2) is 0 Å². The van der Waals surface area contributed by atoms with Gasteiger partial charge in [0, 0.05) is 35.9 Å². The predicted octanol–water partition coefficient (Wildman–Crippen LogP) is 4.07. The highest BCUT2D eigenvalue weighted by Gasteiger charge is 2.27. The number of hydrogen-bond donors (Lipinski definition) is 1. The number of rotatable bonds is 5. The molecule has 1 fully saturated rings. The first kappa shape index (κ1) is 19.4. The third-order valence-electron chi connectivity index (χ3n) is 5.00. The Morgan fingerprint density at radius 3 is 2.85 bits per heavy atom. The molecular weight excluding hydrogens is 362 g/mol. The van der Waals surface area contributed by atoms with E-state index in [2.05, 4.69) is 17.2 Å². The number of hydrogen-bond acceptors (Lipinski definition) is 3. The highest BCUT2D eigenvalue weighted by atomic mass is 35.5. The van der Waals surface area contributed by atoms with E-state index in [-0.39, 0.29) is 17.9 Å². The molecule has 0 spiro atoms. The summed E-state index contributed by atoms with van der Waals surface area (Å²) in [6.07, 6.45) is 5.65. The third kappa shape index (κ3) is 4.66. The molecule has 5 nitrogen and oxygen atoms in total. The number of amides is 2. The number of benzene rings is 1. The van der Waals surface area contributed by atoms with Crippen molar-refractivity contribution in [2.24, 2.45) is 0 Å². The summed E-state index contributed by atoms with van der Waals surface area (Å²) in [6, 6.07) is 10.8. The van der Waals surface area contributed by atoms with Crippen LogP contribution in [0.2, 0.25) is 5.02 Å². The number of nitrogens with zero attached hydrogens (tertiary/aromatic N) is 2. The maximum absolute atomic E-state index is 12.9. The lowest BCUT2D eigenvalue weighted by molar-refractivity contribution is 0.0602. The Labute approximate surface area is 164 Å². The molecule has 1 atom stereocenters. The van der Waals surface area contributed by atoms with Crippen molar-refractivity contribution in [2.75, 3.05) is 6.54 Å². The molecule has 0 saturated carbocycles. The lowest BCUT2D eigenvalue weighted by Crippen LogP contribution is -2.43. The van der Waals surface area contributed by atoms with Crippen molar-refractivity contribution in [1.29, 1.82) is 0 Å². The van der Waals surface area contributed by atoms with Gasteiger partial charge in [-0.1, -0.05) is 36.7 Å². The zero-order valence-electron chi connectivity index (χ0n) is 15.5. The smallest absolute Gasteiger partial charge is 0.272 e. The normalized spacial score (nSPS) is 16.8. The van der Waals surface area contributed by atoms with Crippen LogP contribution in [0.25, 0.3) is 0 Å². The van der Waals surface area contributed by atoms with E-state index in [1.807, 2.05) is 23.1 Å². The summed E-state index contributed by atoms with van der Waals surface area (Å²) in [5, 5.41) is 3.46. The van der Waals surface area contributed by atoms with Gasteiger partial charge >= 0.3 is 0 Å². The van der Waals surface area contributed by atoms with Gasteiger partial charge < -0.3 is 10.2 Å². The van der Waals surface area contributed by atoms with Gasteiger partial charge in [-0.25, -0.2) is 0 Å². The summed E-state index contributed by atoms with van der Waals surface area (Å²) in [6.45, 7) is 3.18. The SMILES string of the molecule is CCC1CCCCN1C(=O)c1cc(C(=O)NCc2ccccc2Cl)ccn1. The Morgan fingerprint density at radius 2 is 2.07 bits per heavy atom. The summed E-state index contributed by atoms with van der Waals surface area (Å²) >= 11 is 6.12. The predicted molar refractivity (Wildman–Crippen MR) is 106 cm³/mol. The van der Waals surface area contributed by atoms with Crippen molar-refractivity contribution in [3.8, 4) is 0 Å². The molecule has 1 unspecified atom stereocenters. The van der Waals surface area contributed by atoms with Crippen LogP contribution in [0.4, 0.5) is 0 Å². The minimum absolute atomic E-state index is 0.0951. The number of nitrogens with one attached hydrogen (secondary N) is 1.